The van der Waals surface area contributed by atoms with Crippen LogP contribution < -0.4 is 24.3 Å². The molecule has 0 bridgehead atoms. The molecule has 1 saturated heterocycles. The topological polar surface area (TPSA) is 129 Å². The number of ether oxygens (including phenoxy) is 5. The third kappa shape index (κ3) is 9.79. The highest BCUT2D eigenvalue weighted by molar-refractivity contribution is 7.80. The van der Waals surface area contributed by atoms with Crippen LogP contribution in [0.15, 0.2) is 48.7 Å². The summed E-state index contributed by atoms with van der Waals surface area (Å²) in [5, 5.41) is 3.44. The van der Waals surface area contributed by atoms with E-state index in [0.717, 1.165) is 4.90 Å². The molecule has 14 heteroatoms. The summed E-state index contributed by atoms with van der Waals surface area (Å²) in [5.74, 6) is 0.494. The highest BCUT2D eigenvalue weighted by atomic mass is 35.5. The quantitative estimate of drug-likeness (QED) is 0.163. The Hall–Kier alpha value is -4.62. The van der Waals surface area contributed by atoms with Crippen LogP contribution in [0.3, 0.4) is 0 Å². The Morgan fingerprint density at radius 3 is 2.22 bits per heavy atom. The molecule has 2 atom stereocenters. The smallest absolute Gasteiger partial charge is 0.340 e. The molecule has 1 unspecified atom stereocenters. The number of hydrogen-bond acceptors (Lipinski definition) is 10. The summed E-state index contributed by atoms with van der Waals surface area (Å²) in [5.41, 5.74) is 1.54. The van der Waals surface area contributed by atoms with Gasteiger partial charge in [0.2, 0.25) is 5.91 Å². The van der Waals surface area contributed by atoms with Gasteiger partial charge >= 0.3 is 12.0 Å². The van der Waals surface area contributed by atoms with Crippen LogP contribution in [0.25, 0.3) is 0 Å². The maximum Gasteiger partial charge on any atom is 0.340 e. The van der Waals surface area contributed by atoms with Gasteiger partial charge in [-0.25, -0.2) is 9.59 Å². The molecule has 0 aliphatic carbocycles. The summed E-state index contributed by atoms with van der Waals surface area (Å²) >= 11 is 12.3. The minimum atomic E-state index is -0.731. The molecule has 1 aliphatic rings. The van der Waals surface area contributed by atoms with Crippen LogP contribution >= 0.6 is 23.8 Å². The number of pyridine rings is 1. The lowest BCUT2D eigenvalue weighted by atomic mass is 9.96. The highest BCUT2D eigenvalue weighted by Gasteiger charge is 2.38. The number of nitrogens with one attached hydrogen (secondary N) is 1. The molecule has 12 nitrogen and oxygen atoms in total. The standard InChI is InChI=1S/C37H45ClN4O8S/c1-9-28(29-12-10-22(18-39-29)35(44)50-37(2,3)4)40-36(45)42-21-33(51)41(20-27-31(48-7)16-26(46-5)17-32(27)49-8)19-24(34(42)43)14-23-15-25(38)11-13-30(23)47-6/h10-13,15-18,24,28H,9,14,19-21H2,1-8H3,(H,40,45)/t24?,28-/m1/s1. The van der Waals surface area contributed by atoms with Gasteiger partial charge in [0.25, 0.3) is 0 Å². The van der Waals surface area contributed by atoms with E-state index in [1.807, 2.05) is 11.8 Å². The third-order valence-corrected chi connectivity index (χ3v) is 8.93. The Morgan fingerprint density at radius 2 is 1.67 bits per heavy atom. The summed E-state index contributed by atoms with van der Waals surface area (Å²) in [6.07, 6.45) is 2.09. The number of hydrogen-bond donors (Lipinski definition) is 1. The zero-order valence-electron chi connectivity index (χ0n) is 30.2. The maximum atomic E-state index is 14.4. The predicted octanol–water partition coefficient (Wildman–Crippen LogP) is 6.42. The molecule has 4 rings (SSSR count). The van der Waals surface area contributed by atoms with Crippen molar-refractivity contribution in [2.24, 2.45) is 5.92 Å². The van der Waals surface area contributed by atoms with Crippen LogP contribution in [0.5, 0.6) is 23.0 Å². The first kappa shape index (κ1) is 39.2. The number of amides is 3. The van der Waals surface area contributed by atoms with E-state index in [1.54, 1.807) is 91.7 Å². The Bertz CT molecular complexity index is 1720. The average Bonchev–Trinajstić information content (AvgIpc) is 3.21. The number of methoxy groups -OCH3 is 4. The minimum Gasteiger partial charge on any atom is -0.496 e. The fraction of sp³-hybridized carbons (Fsp3) is 0.432. The van der Waals surface area contributed by atoms with Crippen molar-refractivity contribution in [1.82, 2.24) is 20.1 Å². The molecule has 0 spiro atoms. The second kappa shape index (κ2) is 17.1. The van der Waals surface area contributed by atoms with E-state index < -0.39 is 35.5 Å². The third-order valence-electron chi connectivity index (χ3n) is 8.31. The van der Waals surface area contributed by atoms with Gasteiger partial charge in [-0.05, 0) is 69.5 Å². The van der Waals surface area contributed by atoms with Gasteiger partial charge in [0, 0.05) is 29.9 Å². The number of esters is 1. The number of imide groups is 1. The molecule has 1 aromatic heterocycles. The lowest BCUT2D eigenvalue weighted by Crippen LogP contribution is -2.48. The predicted molar refractivity (Wildman–Crippen MR) is 197 cm³/mol. The number of carbonyl (C=O) groups is 3. The van der Waals surface area contributed by atoms with Crippen molar-refractivity contribution in [2.45, 2.75) is 58.7 Å². The van der Waals surface area contributed by atoms with Crippen molar-refractivity contribution >= 4 is 46.7 Å². The van der Waals surface area contributed by atoms with Crippen molar-refractivity contribution < 1.29 is 38.1 Å². The molecule has 274 valence electrons. The van der Waals surface area contributed by atoms with Crippen LogP contribution in [-0.4, -0.2) is 84.8 Å². The van der Waals surface area contributed by atoms with Gasteiger partial charge in [-0.2, -0.15) is 0 Å². The number of nitrogens with zero attached hydrogens (tertiary/aromatic N) is 3. The second-order valence-electron chi connectivity index (χ2n) is 13.0. The number of carbonyl (C=O) groups excluding carboxylic acids is 3. The molecule has 1 aliphatic heterocycles. The van der Waals surface area contributed by atoms with Crippen molar-refractivity contribution in [2.75, 3.05) is 41.5 Å². The van der Waals surface area contributed by atoms with Gasteiger partial charge in [-0.15, -0.1) is 0 Å². The zero-order chi connectivity index (χ0) is 37.5. The molecular formula is C37H45ClN4O8S. The number of benzene rings is 2. The molecule has 3 amide bonds. The molecule has 3 aromatic rings. The number of thiocarbonyl (C=S) groups is 1. The summed E-state index contributed by atoms with van der Waals surface area (Å²) in [4.78, 5) is 48.7. The van der Waals surface area contributed by atoms with Crippen molar-refractivity contribution in [3.8, 4) is 23.0 Å². The molecule has 1 N–H and O–H groups in total. The Morgan fingerprint density at radius 1 is 1.00 bits per heavy atom. The van der Waals surface area contributed by atoms with Gasteiger partial charge in [-0.1, -0.05) is 30.7 Å². The average molecular weight is 741 g/mol. The van der Waals surface area contributed by atoms with Gasteiger partial charge in [0.15, 0.2) is 0 Å². The number of rotatable bonds is 12. The van der Waals surface area contributed by atoms with E-state index in [1.165, 1.54) is 6.20 Å². The summed E-state index contributed by atoms with van der Waals surface area (Å²) in [6, 6.07) is 10.8. The lowest BCUT2D eigenvalue weighted by Gasteiger charge is -2.27. The summed E-state index contributed by atoms with van der Waals surface area (Å²) in [6.45, 7) is 7.50. The first-order valence-corrected chi connectivity index (χ1v) is 17.2. The highest BCUT2D eigenvalue weighted by Crippen LogP contribution is 2.36. The summed E-state index contributed by atoms with van der Waals surface area (Å²) in [7, 11) is 6.19. The largest absolute Gasteiger partial charge is 0.496 e. The van der Waals surface area contributed by atoms with Crippen LogP contribution in [0, 0.1) is 5.92 Å². The Balaban J connectivity index is 1.66. The summed E-state index contributed by atoms with van der Waals surface area (Å²) < 4.78 is 27.8. The monoisotopic (exact) mass is 740 g/mol. The van der Waals surface area contributed by atoms with Crippen molar-refractivity contribution in [1.29, 1.82) is 0 Å². The van der Waals surface area contributed by atoms with Crippen molar-refractivity contribution in [3.63, 3.8) is 0 Å². The van der Waals surface area contributed by atoms with Gasteiger partial charge in [0.05, 0.1) is 75.3 Å². The first-order valence-electron chi connectivity index (χ1n) is 16.4. The maximum absolute atomic E-state index is 14.4. The SMILES string of the molecule is CC[C@@H](NC(=O)N1CC(=S)N(Cc2c(OC)cc(OC)cc2OC)CC(Cc2cc(Cl)ccc2OC)C1=O)c1ccc(C(=O)OC(C)(C)C)cn1. The van der Waals surface area contributed by atoms with Crippen LogP contribution in [0.1, 0.15) is 67.3 Å². The number of halogens is 1. The van der Waals surface area contributed by atoms with E-state index in [0.29, 0.717) is 56.3 Å². The van der Waals surface area contributed by atoms with Gasteiger partial charge in [0.1, 0.15) is 28.6 Å². The van der Waals surface area contributed by atoms with E-state index >= 15 is 0 Å². The Kier molecular flexibility index (Phi) is 13.1. The molecular weight excluding hydrogens is 696 g/mol. The normalized spacial score (nSPS) is 15.5. The second-order valence-corrected chi connectivity index (χ2v) is 13.9. The Labute approximate surface area is 309 Å². The van der Waals surface area contributed by atoms with Gasteiger partial charge < -0.3 is 33.9 Å². The fourth-order valence-corrected chi connectivity index (χ4v) is 6.20. The first-order chi connectivity index (χ1) is 24.2. The number of urea groups is 1. The van der Waals surface area contributed by atoms with E-state index in [9.17, 15) is 14.4 Å². The lowest BCUT2D eigenvalue weighted by molar-refractivity contribution is -0.131. The van der Waals surface area contributed by atoms with Crippen LogP contribution in [0.4, 0.5) is 4.79 Å². The van der Waals surface area contributed by atoms with Crippen LogP contribution in [-0.2, 0) is 22.5 Å². The van der Waals surface area contributed by atoms with E-state index in [4.69, 9.17) is 47.5 Å². The number of aromatic nitrogens is 1. The molecule has 2 heterocycles. The van der Waals surface area contributed by atoms with Crippen molar-refractivity contribution in [3.05, 3.63) is 76.1 Å². The molecule has 0 radical (unpaired) electrons. The zero-order valence-corrected chi connectivity index (χ0v) is 31.8. The van der Waals surface area contributed by atoms with Gasteiger partial charge in [-0.3, -0.25) is 14.7 Å². The molecule has 2 aromatic carbocycles. The van der Waals surface area contributed by atoms with E-state index in [-0.39, 0.29) is 31.6 Å². The molecule has 0 saturated carbocycles. The fourth-order valence-electron chi connectivity index (χ4n) is 5.73. The molecule has 1 fully saturated rings. The molecule has 51 heavy (non-hydrogen) atoms. The van der Waals surface area contributed by atoms with E-state index in [2.05, 4.69) is 10.3 Å². The minimum absolute atomic E-state index is 0.147. The van der Waals surface area contributed by atoms with Crippen LogP contribution in [0.2, 0.25) is 5.02 Å².